The molecule has 7 heteroatoms. The maximum atomic E-state index is 14.5. The van der Waals surface area contributed by atoms with E-state index in [9.17, 15) is 14.0 Å². The third-order valence-corrected chi connectivity index (χ3v) is 5.31. The Morgan fingerprint density at radius 2 is 1.86 bits per heavy atom. The number of nitrogens with one attached hydrogen (secondary N) is 1. The van der Waals surface area contributed by atoms with Gasteiger partial charge in [-0.1, -0.05) is 0 Å². The number of fused-ring (bicyclic) bond motifs is 1. The van der Waals surface area contributed by atoms with Crippen LogP contribution in [0.4, 0.5) is 9.18 Å². The minimum atomic E-state index is -0.507. The molecule has 0 atom stereocenters. The Bertz CT molecular complexity index is 941. The standard InChI is InChI=1S/C22H30FN3O3/c1-22(2,3)29-21(28)24-16-9-12-26(13-10-16)14-11-17-18(23)7-5-15-6-8-19(27)25(4)20(15)17/h5-8,16H,9-14H2,1-4H3,(H,24,28). The van der Waals surface area contributed by atoms with Crippen molar-refractivity contribution in [1.82, 2.24) is 14.8 Å². The molecule has 0 unspecified atom stereocenters. The summed E-state index contributed by atoms with van der Waals surface area (Å²) in [5.74, 6) is -0.278. The number of ether oxygens (including phenoxy) is 1. The number of amides is 1. The first-order valence-corrected chi connectivity index (χ1v) is 10.1. The summed E-state index contributed by atoms with van der Waals surface area (Å²) in [5, 5.41) is 3.80. The van der Waals surface area contributed by atoms with Gasteiger partial charge in [0.2, 0.25) is 0 Å². The number of piperidine rings is 1. The van der Waals surface area contributed by atoms with E-state index < -0.39 is 5.60 Å². The monoisotopic (exact) mass is 403 g/mol. The molecule has 1 saturated heterocycles. The van der Waals surface area contributed by atoms with Crippen LogP contribution in [0.15, 0.2) is 29.1 Å². The molecular formula is C22H30FN3O3. The highest BCUT2D eigenvalue weighted by Gasteiger charge is 2.24. The van der Waals surface area contributed by atoms with E-state index >= 15 is 0 Å². The lowest BCUT2D eigenvalue weighted by Crippen LogP contribution is -2.46. The van der Waals surface area contributed by atoms with Gasteiger partial charge in [-0.3, -0.25) is 4.79 Å². The van der Waals surface area contributed by atoms with Crippen molar-refractivity contribution < 1.29 is 13.9 Å². The predicted octanol–water partition coefficient (Wildman–Crippen LogP) is 3.21. The number of aromatic nitrogens is 1. The molecule has 6 nitrogen and oxygen atoms in total. The second kappa shape index (κ2) is 8.53. The SMILES string of the molecule is Cn1c(=O)ccc2ccc(F)c(CCN3CCC(NC(=O)OC(C)(C)C)CC3)c21. The number of nitrogens with zero attached hydrogens (tertiary/aromatic N) is 2. The van der Waals surface area contributed by atoms with Gasteiger partial charge in [0.25, 0.3) is 5.56 Å². The molecule has 1 N–H and O–H groups in total. The van der Waals surface area contributed by atoms with Gasteiger partial charge in [-0.25, -0.2) is 9.18 Å². The molecule has 1 aromatic carbocycles. The van der Waals surface area contributed by atoms with Crippen LogP contribution in [-0.4, -0.2) is 46.8 Å². The Labute approximate surface area is 170 Å². The lowest BCUT2D eigenvalue weighted by molar-refractivity contribution is 0.0479. The summed E-state index contributed by atoms with van der Waals surface area (Å²) in [5.41, 5.74) is 0.599. The van der Waals surface area contributed by atoms with E-state index in [-0.39, 0.29) is 23.5 Å². The van der Waals surface area contributed by atoms with Gasteiger partial charge in [0, 0.05) is 44.4 Å². The van der Waals surface area contributed by atoms with Crippen molar-refractivity contribution in [3.63, 3.8) is 0 Å². The number of halogens is 1. The number of alkyl carbamates (subject to hydrolysis) is 1. The molecule has 1 fully saturated rings. The maximum absolute atomic E-state index is 14.5. The van der Waals surface area contributed by atoms with Gasteiger partial charge >= 0.3 is 6.09 Å². The van der Waals surface area contributed by atoms with Crippen LogP contribution in [0.1, 0.15) is 39.2 Å². The van der Waals surface area contributed by atoms with Gasteiger partial charge in [-0.15, -0.1) is 0 Å². The average molecular weight is 403 g/mol. The summed E-state index contributed by atoms with van der Waals surface area (Å²) in [7, 11) is 1.68. The number of likely N-dealkylation sites (tertiary alicyclic amines) is 1. The van der Waals surface area contributed by atoms with Crippen LogP contribution < -0.4 is 10.9 Å². The Balaban J connectivity index is 1.59. The highest BCUT2D eigenvalue weighted by Crippen LogP contribution is 2.22. The predicted molar refractivity (Wildman–Crippen MR) is 112 cm³/mol. The van der Waals surface area contributed by atoms with Crippen LogP contribution in [0, 0.1) is 5.82 Å². The first-order valence-electron chi connectivity index (χ1n) is 10.1. The number of benzene rings is 1. The number of carbonyl (C=O) groups is 1. The quantitative estimate of drug-likeness (QED) is 0.852. The molecule has 2 aromatic rings. The molecule has 3 rings (SSSR count). The van der Waals surface area contributed by atoms with E-state index in [4.69, 9.17) is 4.74 Å². The smallest absolute Gasteiger partial charge is 0.407 e. The summed E-state index contributed by atoms with van der Waals surface area (Å²) in [6.45, 7) is 7.89. The fourth-order valence-corrected chi connectivity index (χ4v) is 3.83. The molecule has 0 aliphatic carbocycles. The number of carbonyl (C=O) groups excluding carboxylic acids is 1. The minimum absolute atomic E-state index is 0.0937. The number of aryl methyl sites for hydroxylation is 1. The van der Waals surface area contributed by atoms with Crippen molar-refractivity contribution in [2.45, 2.75) is 51.7 Å². The van der Waals surface area contributed by atoms with Gasteiger partial charge in [-0.05, 0) is 63.6 Å². The van der Waals surface area contributed by atoms with E-state index in [1.165, 1.54) is 16.7 Å². The second-order valence-electron chi connectivity index (χ2n) is 8.71. The van der Waals surface area contributed by atoms with Crippen LogP contribution in [0.25, 0.3) is 10.9 Å². The molecule has 0 saturated carbocycles. The zero-order chi connectivity index (χ0) is 21.2. The highest BCUT2D eigenvalue weighted by atomic mass is 19.1. The highest BCUT2D eigenvalue weighted by molar-refractivity contribution is 5.82. The van der Waals surface area contributed by atoms with Crippen molar-refractivity contribution in [1.29, 1.82) is 0 Å². The lowest BCUT2D eigenvalue weighted by Gasteiger charge is -2.33. The van der Waals surface area contributed by atoms with Gasteiger partial charge in [0.15, 0.2) is 0 Å². The van der Waals surface area contributed by atoms with E-state index in [0.29, 0.717) is 24.0 Å². The molecule has 1 aromatic heterocycles. The average Bonchev–Trinajstić information content (AvgIpc) is 2.63. The fraction of sp³-hybridized carbons (Fsp3) is 0.545. The normalized spacial score (nSPS) is 16.2. The number of hydrogen-bond donors (Lipinski definition) is 1. The van der Waals surface area contributed by atoms with Crippen LogP contribution in [-0.2, 0) is 18.2 Å². The lowest BCUT2D eigenvalue weighted by atomic mass is 10.0. The van der Waals surface area contributed by atoms with Crippen molar-refractivity contribution in [3.8, 4) is 0 Å². The third-order valence-electron chi connectivity index (χ3n) is 5.31. The zero-order valence-electron chi connectivity index (χ0n) is 17.6. The number of rotatable bonds is 4. The van der Waals surface area contributed by atoms with E-state index in [2.05, 4.69) is 10.2 Å². The van der Waals surface area contributed by atoms with Crippen molar-refractivity contribution in [3.05, 3.63) is 46.0 Å². The summed E-state index contributed by atoms with van der Waals surface area (Å²) in [6.07, 6.45) is 1.81. The zero-order valence-corrected chi connectivity index (χ0v) is 17.6. The minimum Gasteiger partial charge on any atom is -0.444 e. The molecule has 0 spiro atoms. The van der Waals surface area contributed by atoms with Crippen LogP contribution in [0.2, 0.25) is 0 Å². The Morgan fingerprint density at radius 3 is 2.52 bits per heavy atom. The third kappa shape index (κ3) is 5.35. The number of pyridine rings is 1. The molecule has 1 aliphatic rings. The van der Waals surface area contributed by atoms with Crippen LogP contribution in [0.3, 0.4) is 0 Å². The molecule has 1 amide bonds. The van der Waals surface area contributed by atoms with Crippen molar-refractivity contribution >= 4 is 17.0 Å². The Hall–Kier alpha value is -2.41. The van der Waals surface area contributed by atoms with Crippen LogP contribution in [0.5, 0.6) is 0 Å². The molecule has 1 aliphatic heterocycles. The summed E-state index contributed by atoms with van der Waals surface area (Å²) < 4.78 is 21.4. The van der Waals surface area contributed by atoms with Crippen LogP contribution >= 0.6 is 0 Å². The van der Waals surface area contributed by atoms with E-state index in [0.717, 1.165) is 31.3 Å². The summed E-state index contributed by atoms with van der Waals surface area (Å²) >= 11 is 0. The van der Waals surface area contributed by atoms with Gasteiger partial charge in [0.05, 0.1) is 5.52 Å². The van der Waals surface area contributed by atoms with Crippen molar-refractivity contribution in [2.75, 3.05) is 19.6 Å². The Morgan fingerprint density at radius 1 is 1.21 bits per heavy atom. The molecule has 158 valence electrons. The van der Waals surface area contributed by atoms with Gasteiger partial charge < -0.3 is 19.5 Å². The number of hydrogen-bond acceptors (Lipinski definition) is 4. The summed E-state index contributed by atoms with van der Waals surface area (Å²) in [4.78, 5) is 26.2. The molecule has 2 heterocycles. The Kier molecular flexibility index (Phi) is 6.27. The van der Waals surface area contributed by atoms with E-state index in [1.54, 1.807) is 19.2 Å². The molecule has 29 heavy (non-hydrogen) atoms. The largest absolute Gasteiger partial charge is 0.444 e. The summed E-state index contributed by atoms with van der Waals surface area (Å²) in [6, 6.07) is 6.53. The second-order valence-corrected chi connectivity index (χ2v) is 8.71. The van der Waals surface area contributed by atoms with Crippen molar-refractivity contribution in [2.24, 2.45) is 7.05 Å². The maximum Gasteiger partial charge on any atom is 0.407 e. The molecule has 0 radical (unpaired) electrons. The van der Waals surface area contributed by atoms with Gasteiger partial charge in [0.1, 0.15) is 11.4 Å². The topological polar surface area (TPSA) is 63.6 Å². The molecular weight excluding hydrogens is 373 g/mol. The van der Waals surface area contributed by atoms with Gasteiger partial charge in [-0.2, -0.15) is 0 Å². The first kappa shape index (κ1) is 21.3. The first-order chi connectivity index (χ1) is 13.6. The fourth-order valence-electron chi connectivity index (χ4n) is 3.83. The van der Waals surface area contributed by atoms with E-state index in [1.807, 2.05) is 20.8 Å². The molecule has 0 bridgehead atoms.